The number of aromatic nitrogens is 1. The van der Waals surface area contributed by atoms with Gasteiger partial charge in [0.05, 0.1) is 12.1 Å². The summed E-state index contributed by atoms with van der Waals surface area (Å²) in [5.74, 6) is 0.186. The number of hydrogen-bond acceptors (Lipinski definition) is 1. The van der Waals surface area contributed by atoms with E-state index >= 15 is 0 Å². The summed E-state index contributed by atoms with van der Waals surface area (Å²) in [4.78, 5) is 11.0. The second-order valence-corrected chi connectivity index (χ2v) is 3.66. The van der Waals surface area contributed by atoms with Crippen LogP contribution in [0.3, 0.4) is 0 Å². The maximum Gasteiger partial charge on any atom is 0.149 e. The lowest BCUT2D eigenvalue weighted by Crippen LogP contribution is -2.04. The molecule has 0 unspecified atom stereocenters. The van der Waals surface area contributed by atoms with Gasteiger partial charge in [-0.1, -0.05) is 18.2 Å². The molecule has 0 aliphatic carbocycles. The molecule has 0 radical (unpaired) electrons. The zero-order valence-electron chi connectivity index (χ0n) is 8.45. The van der Waals surface area contributed by atoms with Crippen LogP contribution in [-0.2, 0) is 11.3 Å². The molecule has 0 N–H and O–H groups in total. The third-order valence-corrected chi connectivity index (χ3v) is 2.38. The number of benzene rings is 1. The smallest absolute Gasteiger partial charge is 0.149 e. The van der Waals surface area contributed by atoms with Crippen molar-refractivity contribution in [3.63, 3.8) is 0 Å². The van der Waals surface area contributed by atoms with Crippen molar-refractivity contribution in [1.29, 1.82) is 0 Å². The zero-order valence-corrected chi connectivity index (χ0v) is 8.45. The molecule has 0 spiro atoms. The Balaban J connectivity index is 2.61. The lowest BCUT2D eigenvalue weighted by molar-refractivity contribution is -0.117. The highest BCUT2D eigenvalue weighted by Gasteiger charge is 2.04. The Bertz CT molecular complexity index is 482. The van der Waals surface area contributed by atoms with Crippen LogP contribution in [0.1, 0.15) is 12.5 Å². The summed E-state index contributed by atoms with van der Waals surface area (Å²) in [5, 5.41) is 1.20. The lowest BCUT2D eigenvalue weighted by atomic mass is 10.2. The van der Waals surface area contributed by atoms with Crippen molar-refractivity contribution < 1.29 is 4.79 Å². The average molecular weight is 187 g/mol. The molecule has 0 atom stereocenters. The first-order valence-electron chi connectivity index (χ1n) is 4.72. The van der Waals surface area contributed by atoms with E-state index in [9.17, 15) is 4.79 Å². The normalized spacial score (nSPS) is 10.7. The molecule has 14 heavy (non-hydrogen) atoms. The van der Waals surface area contributed by atoms with Gasteiger partial charge in [0.25, 0.3) is 0 Å². The van der Waals surface area contributed by atoms with Gasteiger partial charge in [0.2, 0.25) is 0 Å². The van der Waals surface area contributed by atoms with E-state index in [1.54, 1.807) is 6.92 Å². The molecule has 0 saturated carbocycles. The van der Waals surface area contributed by atoms with Gasteiger partial charge in [-0.2, -0.15) is 0 Å². The van der Waals surface area contributed by atoms with E-state index in [-0.39, 0.29) is 5.78 Å². The predicted molar refractivity (Wildman–Crippen MR) is 57.4 cm³/mol. The largest absolute Gasteiger partial charge is 0.340 e. The molecule has 0 aliphatic heterocycles. The molecule has 0 amide bonds. The molecule has 0 saturated heterocycles. The summed E-state index contributed by atoms with van der Waals surface area (Å²) in [5.41, 5.74) is 2.39. The van der Waals surface area contributed by atoms with Crippen LogP contribution in [0.5, 0.6) is 0 Å². The highest BCUT2D eigenvalue weighted by molar-refractivity contribution is 5.85. The van der Waals surface area contributed by atoms with Crippen molar-refractivity contribution >= 4 is 16.7 Å². The van der Waals surface area contributed by atoms with Gasteiger partial charge in [-0.05, 0) is 30.9 Å². The van der Waals surface area contributed by atoms with Gasteiger partial charge in [0, 0.05) is 6.20 Å². The minimum atomic E-state index is 0.186. The fourth-order valence-corrected chi connectivity index (χ4v) is 1.82. The fourth-order valence-electron chi connectivity index (χ4n) is 1.82. The van der Waals surface area contributed by atoms with Crippen molar-refractivity contribution in [2.45, 2.75) is 20.4 Å². The minimum absolute atomic E-state index is 0.186. The van der Waals surface area contributed by atoms with Crippen molar-refractivity contribution in [2.75, 3.05) is 0 Å². The van der Waals surface area contributed by atoms with Gasteiger partial charge >= 0.3 is 0 Å². The lowest BCUT2D eigenvalue weighted by Gasteiger charge is -2.04. The summed E-state index contributed by atoms with van der Waals surface area (Å²) in [7, 11) is 0. The number of aryl methyl sites for hydroxylation is 1. The predicted octanol–water partition coefficient (Wildman–Crippen LogP) is 2.54. The summed E-state index contributed by atoms with van der Waals surface area (Å²) in [6.07, 6.45) is 1.97. The van der Waals surface area contributed by atoms with Crippen LogP contribution in [0, 0.1) is 6.92 Å². The van der Waals surface area contributed by atoms with E-state index in [0.717, 1.165) is 0 Å². The zero-order chi connectivity index (χ0) is 10.1. The molecule has 1 aromatic heterocycles. The minimum Gasteiger partial charge on any atom is -0.340 e. The van der Waals surface area contributed by atoms with Gasteiger partial charge in [0.1, 0.15) is 5.78 Å². The quantitative estimate of drug-likeness (QED) is 0.708. The molecule has 2 rings (SSSR count). The van der Waals surface area contributed by atoms with Crippen LogP contribution >= 0.6 is 0 Å². The van der Waals surface area contributed by atoms with Gasteiger partial charge in [-0.25, -0.2) is 0 Å². The van der Waals surface area contributed by atoms with Crippen LogP contribution in [-0.4, -0.2) is 10.4 Å². The Morgan fingerprint density at radius 1 is 1.36 bits per heavy atom. The van der Waals surface area contributed by atoms with Crippen LogP contribution in [0.15, 0.2) is 30.5 Å². The second kappa shape index (κ2) is 3.29. The monoisotopic (exact) mass is 187 g/mol. The summed E-state index contributed by atoms with van der Waals surface area (Å²) in [6.45, 7) is 4.15. The van der Waals surface area contributed by atoms with Gasteiger partial charge in [-0.3, -0.25) is 4.79 Å². The number of nitrogens with zero attached hydrogens (tertiary/aromatic N) is 1. The molecule has 0 fully saturated rings. The van der Waals surface area contributed by atoms with Crippen LogP contribution in [0.25, 0.3) is 10.9 Å². The molecule has 2 nitrogen and oxygen atoms in total. The van der Waals surface area contributed by atoms with Gasteiger partial charge < -0.3 is 4.57 Å². The van der Waals surface area contributed by atoms with E-state index in [1.165, 1.54) is 16.5 Å². The number of ketones is 1. The van der Waals surface area contributed by atoms with Crippen molar-refractivity contribution in [1.82, 2.24) is 4.57 Å². The Morgan fingerprint density at radius 3 is 2.86 bits per heavy atom. The molecular formula is C12H13NO. The Hall–Kier alpha value is -1.57. The number of fused-ring (bicyclic) bond motifs is 1. The molecule has 0 aliphatic rings. The summed E-state index contributed by atoms with van der Waals surface area (Å²) in [6, 6.07) is 8.22. The number of carbonyl (C=O) groups is 1. The van der Waals surface area contributed by atoms with E-state index in [4.69, 9.17) is 0 Å². The van der Waals surface area contributed by atoms with Crippen molar-refractivity contribution in [3.8, 4) is 0 Å². The number of carbonyl (C=O) groups excluding carboxylic acids is 1. The van der Waals surface area contributed by atoms with E-state index in [2.05, 4.69) is 19.1 Å². The first-order chi connectivity index (χ1) is 6.68. The van der Waals surface area contributed by atoms with Crippen LogP contribution < -0.4 is 0 Å². The van der Waals surface area contributed by atoms with Crippen LogP contribution in [0.2, 0.25) is 0 Å². The first-order valence-corrected chi connectivity index (χ1v) is 4.72. The highest BCUT2D eigenvalue weighted by Crippen LogP contribution is 2.19. The maximum atomic E-state index is 11.0. The number of hydrogen-bond donors (Lipinski definition) is 0. The topological polar surface area (TPSA) is 22.0 Å². The third kappa shape index (κ3) is 1.43. The van der Waals surface area contributed by atoms with Gasteiger partial charge in [0.15, 0.2) is 0 Å². The molecular weight excluding hydrogens is 174 g/mol. The molecule has 2 aromatic rings. The number of para-hydroxylation sites is 1. The SMILES string of the molecule is CC(=O)Cn1ccc2cccc(C)c21. The number of Topliss-reactive ketones (excluding diaryl/α,β-unsaturated/α-hetero) is 1. The fraction of sp³-hybridized carbons (Fsp3) is 0.250. The molecule has 72 valence electrons. The Morgan fingerprint density at radius 2 is 2.14 bits per heavy atom. The first kappa shape index (κ1) is 9.00. The van der Waals surface area contributed by atoms with Crippen molar-refractivity contribution in [2.24, 2.45) is 0 Å². The number of rotatable bonds is 2. The van der Waals surface area contributed by atoms with Gasteiger partial charge in [-0.15, -0.1) is 0 Å². The van der Waals surface area contributed by atoms with Crippen molar-refractivity contribution in [3.05, 3.63) is 36.0 Å². The second-order valence-electron chi connectivity index (χ2n) is 3.66. The Labute approximate surface area is 83.2 Å². The maximum absolute atomic E-state index is 11.0. The van der Waals surface area contributed by atoms with E-state index in [1.807, 2.05) is 22.9 Å². The summed E-state index contributed by atoms with van der Waals surface area (Å²) >= 11 is 0. The molecule has 2 heteroatoms. The molecule has 1 heterocycles. The third-order valence-electron chi connectivity index (χ3n) is 2.38. The standard InChI is InChI=1S/C12H13NO/c1-9-4-3-5-11-6-7-13(12(9)11)8-10(2)14/h3-7H,8H2,1-2H3. The van der Waals surface area contributed by atoms with E-state index < -0.39 is 0 Å². The highest BCUT2D eigenvalue weighted by atomic mass is 16.1. The molecule has 1 aromatic carbocycles. The van der Waals surface area contributed by atoms with Crippen LogP contribution in [0.4, 0.5) is 0 Å². The average Bonchev–Trinajstić information content (AvgIpc) is 2.49. The summed E-state index contributed by atoms with van der Waals surface area (Å²) < 4.78 is 2.01. The van der Waals surface area contributed by atoms with E-state index in [0.29, 0.717) is 6.54 Å². The molecule has 0 bridgehead atoms. The Kier molecular flexibility index (Phi) is 2.12.